The van der Waals surface area contributed by atoms with E-state index in [1.165, 1.54) is 0 Å². The van der Waals surface area contributed by atoms with Crippen LogP contribution in [0, 0.1) is 32.1 Å². The number of nitrogens with zero attached hydrogens (tertiary/aromatic N) is 3. The topological polar surface area (TPSA) is 95.9 Å². The summed E-state index contributed by atoms with van der Waals surface area (Å²) < 4.78 is 7.31. The van der Waals surface area contributed by atoms with Crippen LogP contribution in [-0.2, 0) is 4.79 Å². The SMILES string of the molecule is Cc1cnn([C@H](C)[C@@H](C)NCC(=O)Nc2oc(C)c(C)c2C#N)c1. The normalized spacial score (nSPS) is 13.3. The Kier molecular flexibility index (Phi) is 5.42. The van der Waals surface area contributed by atoms with Crippen molar-refractivity contribution in [3.63, 3.8) is 0 Å². The van der Waals surface area contributed by atoms with E-state index in [-0.39, 0.29) is 30.4 Å². The molecule has 0 aliphatic heterocycles. The van der Waals surface area contributed by atoms with Crippen molar-refractivity contribution in [3.8, 4) is 6.07 Å². The molecule has 128 valence electrons. The van der Waals surface area contributed by atoms with Crippen molar-refractivity contribution in [2.45, 2.75) is 46.7 Å². The number of furan rings is 1. The zero-order valence-corrected chi connectivity index (χ0v) is 14.7. The van der Waals surface area contributed by atoms with Gasteiger partial charge in [-0.3, -0.25) is 14.8 Å². The van der Waals surface area contributed by atoms with Gasteiger partial charge in [-0.25, -0.2) is 0 Å². The van der Waals surface area contributed by atoms with Crippen LogP contribution < -0.4 is 10.6 Å². The molecule has 2 aromatic rings. The summed E-state index contributed by atoms with van der Waals surface area (Å²) in [5.41, 5.74) is 2.21. The van der Waals surface area contributed by atoms with Crippen LogP contribution in [0.3, 0.4) is 0 Å². The van der Waals surface area contributed by atoms with E-state index in [2.05, 4.69) is 21.8 Å². The van der Waals surface area contributed by atoms with Crippen LogP contribution in [-0.4, -0.2) is 28.3 Å². The number of amides is 1. The van der Waals surface area contributed by atoms with Gasteiger partial charge in [0.2, 0.25) is 11.8 Å². The van der Waals surface area contributed by atoms with E-state index >= 15 is 0 Å². The molecule has 2 heterocycles. The molecule has 0 aliphatic carbocycles. The second-order valence-electron chi connectivity index (χ2n) is 6.06. The average molecular weight is 329 g/mol. The Labute approximate surface area is 141 Å². The van der Waals surface area contributed by atoms with Gasteiger partial charge in [0, 0.05) is 17.8 Å². The highest BCUT2D eigenvalue weighted by molar-refractivity contribution is 5.92. The minimum absolute atomic E-state index is 0.0468. The molecular weight excluding hydrogens is 306 g/mol. The van der Waals surface area contributed by atoms with Crippen LogP contribution >= 0.6 is 0 Å². The van der Waals surface area contributed by atoms with Gasteiger partial charge < -0.3 is 9.73 Å². The number of rotatable bonds is 6. The van der Waals surface area contributed by atoms with E-state index in [0.29, 0.717) is 11.3 Å². The third-order valence-corrected chi connectivity index (χ3v) is 4.21. The van der Waals surface area contributed by atoms with Crippen molar-refractivity contribution >= 4 is 11.8 Å². The predicted molar refractivity (Wildman–Crippen MR) is 90.7 cm³/mol. The van der Waals surface area contributed by atoms with Gasteiger partial charge >= 0.3 is 0 Å². The molecule has 0 aliphatic rings. The van der Waals surface area contributed by atoms with Crippen molar-refractivity contribution in [1.29, 1.82) is 5.26 Å². The monoisotopic (exact) mass is 329 g/mol. The van der Waals surface area contributed by atoms with Crippen LogP contribution in [0.2, 0.25) is 0 Å². The summed E-state index contributed by atoms with van der Waals surface area (Å²) in [5, 5.41) is 19.3. The van der Waals surface area contributed by atoms with E-state index in [4.69, 9.17) is 9.68 Å². The first-order valence-corrected chi connectivity index (χ1v) is 7.87. The number of aryl methyl sites for hydroxylation is 2. The molecular formula is C17H23N5O2. The molecule has 2 atom stereocenters. The standard InChI is InChI=1S/C17H23N5O2/c1-10-7-20-22(9-10)13(4)12(3)19-8-16(23)21-17-15(6-18)11(2)14(5)24-17/h7,9,12-13,19H,8H2,1-5H3,(H,21,23)/t12-,13-/m1/s1. The van der Waals surface area contributed by atoms with Gasteiger partial charge in [0.05, 0.1) is 18.8 Å². The smallest absolute Gasteiger partial charge is 0.240 e. The van der Waals surface area contributed by atoms with Crippen molar-refractivity contribution in [2.24, 2.45) is 0 Å². The van der Waals surface area contributed by atoms with Crippen LogP contribution in [0.25, 0.3) is 0 Å². The summed E-state index contributed by atoms with van der Waals surface area (Å²) in [7, 11) is 0. The number of nitrogens with one attached hydrogen (secondary N) is 2. The highest BCUT2D eigenvalue weighted by Crippen LogP contribution is 2.25. The van der Waals surface area contributed by atoms with Crippen LogP contribution in [0.1, 0.15) is 42.3 Å². The zero-order chi connectivity index (χ0) is 17.9. The number of anilines is 1. The van der Waals surface area contributed by atoms with Gasteiger partial charge in [-0.15, -0.1) is 0 Å². The second-order valence-corrected chi connectivity index (χ2v) is 6.06. The van der Waals surface area contributed by atoms with Crippen molar-refractivity contribution < 1.29 is 9.21 Å². The summed E-state index contributed by atoms with van der Waals surface area (Å²) in [6, 6.07) is 2.21. The molecule has 0 fully saturated rings. The van der Waals surface area contributed by atoms with Crippen molar-refractivity contribution in [1.82, 2.24) is 15.1 Å². The molecule has 2 rings (SSSR count). The number of aromatic nitrogens is 2. The largest absolute Gasteiger partial charge is 0.444 e. The first kappa shape index (κ1) is 17.8. The lowest BCUT2D eigenvalue weighted by atomic mass is 10.1. The molecule has 0 spiro atoms. The number of carbonyl (C=O) groups is 1. The van der Waals surface area contributed by atoms with Crippen molar-refractivity contribution in [3.05, 3.63) is 34.8 Å². The fourth-order valence-electron chi connectivity index (χ4n) is 2.33. The number of nitriles is 1. The van der Waals surface area contributed by atoms with Crippen LogP contribution in [0.15, 0.2) is 16.8 Å². The van der Waals surface area contributed by atoms with Gasteiger partial charge in [-0.2, -0.15) is 10.4 Å². The Hall–Kier alpha value is -2.59. The first-order valence-electron chi connectivity index (χ1n) is 7.87. The lowest BCUT2D eigenvalue weighted by molar-refractivity contribution is -0.115. The molecule has 2 N–H and O–H groups in total. The summed E-state index contributed by atoms with van der Waals surface area (Å²) in [6.07, 6.45) is 3.78. The van der Waals surface area contributed by atoms with E-state index < -0.39 is 0 Å². The second kappa shape index (κ2) is 7.32. The fraction of sp³-hybridized carbons (Fsp3) is 0.471. The van der Waals surface area contributed by atoms with E-state index in [1.807, 2.05) is 31.6 Å². The molecule has 7 heteroatoms. The molecule has 1 amide bonds. The maximum absolute atomic E-state index is 12.1. The number of hydrogen-bond acceptors (Lipinski definition) is 5. The molecule has 0 radical (unpaired) electrons. The minimum Gasteiger partial charge on any atom is -0.444 e. The summed E-state index contributed by atoms with van der Waals surface area (Å²) >= 11 is 0. The quantitative estimate of drug-likeness (QED) is 0.848. The van der Waals surface area contributed by atoms with Gasteiger partial charge in [-0.05, 0) is 40.2 Å². The lowest BCUT2D eigenvalue weighted by Crippen LogP contribution is -2.39. The minimum atomic E-state index is -0.254. The Morgan fingerprint density at radius 1 is 1.42 bits per heavy atom. The third kappa shape index (κ3) is 3.84. The van der Waals surface area contributed by atoms with E-state index in [0.717, 1.165) is 11.1 Å². The van der Waals surface area contributed by atoms with Crippen molar-refractivity contribution in [2.75, 3.05) is 11.9 Å². The average Bonchev–Trinajstić information content (AvgIpc) is 3.08. The molecule has 0 bridgehead atoms. The Bertz CT molecular complexity index is 769. The summed E-state index contributed by atoms with van der Waals surface area (Å²) in [6.45, 7) is 9.70. The molecule has 7 nitrogen and oxygen atoms in total. The fourth-order valence-corrected chi connectivity index (χ4v) is 2.33. The Morgan fingerprint density at radius 3 is 2.71 bits per heavy atom. The zero-order valence-electron chi connectivity index (χ0n) is 14.7. The maximum Gasteiger partial charge on any atom is 0.240 e. The third-order valence-electron chi connectivity index (χ3n) is 4.21. The molecule has 0 aromatic carbocycles. The molecule has 24 heavy (non-hydrogen) atoms. The summed E-state index contributed by atoms with van der Waals surface area (Å²) in [5.74, 6) is 0.587. The number of hydrogen-bond donors (Lipinski definition) is 2. The maximum atomic E-state index is 12.1. The first-order chi connectivity index (χ1) is 11.3. The number of carbonyl (C=O) groups excluding carboxylic acids is 1. The van der Waals surface area contributed by atoms with E-state index in [1.54, 1.807) is 20.0 Å². The van der Waals surface area contributed by atoms with Gasteiger partial charge in [0.25, 0.3) is 0 Å². The summed E-state index contributed by atoms with van der Waals surface area (Å²) in [4.78, 5) is 12.1. The van der Waals surface area contributed by atoms with E-state index in [9.17, 15) is 4.79 Å². The highest BCUT2D eigenvalue weighted by atomic mass is 16.4. The van der Waals surface area contributed by atoms with Crippen LogP contribution in [0.4, 0.5) is 5.88 Å². The van der Waals surface area contributed by atoms with Gasteiger partial charge in [0.1, 0.15) is 17.4 Å². The van der Waals surface area contributed by atoms with Gasteiger partial charge in [0.15, 0.2) is 0 Å². The Balaban J connectivity index is 1.91. The lowest BCUT2D eigenvalue weighted by Gasteiger charge is -2.21. The Morgan fingerprint density at radius 2 is 2.12 bits per heavy atom. The molecule has 2 aromatic heterocycles. The van der Waals surface area contributed by atoms with Gasteiger partial charge in [-0.1, -0.05) is 0 Å². The molecule has 0 saturated heterocycles. The highest BCUT2D eigenvalue weighted by Gasteiger charge is 2.18. The predicted octanol–water partition coefficient (Wildman–Crippen LogP) is 2.45. The molecule has 0 unspecified atom stereocenters. The van der Waals surface area contributed by atoms with Crippen LogP contribution in [0.5, 0.6) is 0 Å². The molecule has 0 saturated carbocycles.